The Kier molecular flexibility index (Phi) is 4.11. The summed E-state index contributed by atoms with van der Waals surface area (Å²) in [5.74, 6) is 2.48. The van der Waals surface area contributed by atoms with Crippen LogP contribution in [0.3, 0.4) is 0 Å². The standard InChI is InChI=1S/C22H20BFN2/c1-15-12-16(2)22(17(3)13-15)23-9-11-26(20-7-5-4-6-19(20)23)21-14-18(24)8-10-25-21/h4-14H,1-3H3. The van der Waals surface area contributed by atoms with Gasteiger partial charge < -0.3 is 4.90 Å². The van der Waals surface area contributed by atoms with Crippen LogP contribution in [0.25, 0.3) is 0 Å². The topological polar surface area (TPSA) is 16.1 Å². The van der Waals surface area contributed by atoms with Crippen molar-refractivity contribution in [2.45, 2.75) is 20.8 Å². The van der Waals surface area contributed by atoms with Crippen molar-refractivity contribution in [1.82, 2.24) is 4.98 Å². The summed E-state index contributed by atoms with van der Waals surface area (Å²) in [5.41, 5.74) is 7.45. The number of hydrogen-bond donors (Lipinski definition) is 0. The van der Waals surface area contributed by atoms with E-state index in [1.54, 1.807) is 0 Å². The van der Waals surface area contributed by atoms with Crippen molar-refractivity contribution in [3.63, 3.8) is 0 Å². The molecule has 0 radical (unpaired) electrons. The lowest BCUT2D eigenvalue weighted by Crippen LogP contribution is -2.47. The molecule has 0 aliphatic carbocycles. The first-order valence-corrected chi connectivity index (χ1v) is 8.80. The molecule has 4 heteroatoms. The Bertz CT molecular complexity index is 990. The summed E-state index contributed by atoms with van der Waals surface area (Å²) in [7, 11) is 0. The molecule has 0 unspecified atom stereocenters. The normalized spacial score (nSPS) is 13.1. The Hall–Kier alpha value is -2.88. The van der Waals surface area contributed by atoms with Crippen LogP contribution in [0.4, 0.5) is 15.9 Å². The summed E-state index contributed by atoms with van der Waals surface area (Å²) < 4.78 is 13.7. The fraction of sp³-hybridized carbons (Fsp3) is 0.136. The molecule has 0 atom stereocenters. The van der Waals surface area contributed by atoms with E-state index in [9.17, 15) is 4.39 Å². The third kappa shape index (κ3) is 2.82. The van der Waals surface area contributed by atoms with Crippen molar-refractivity contribution in [2.24, 2.45) is 0 Å². The molecule has 128 valence electrons. The fourth-order valence-electron chi connectivity index (χ4n) is 3.98. The zero-order valence-corrected chi connectivity index (χ0v) is 15.2. The minimum Gasteiger partial charge on any atom is -0.303 e. The molecular weight excluding hydrogens is 322 g/mol. The van der Waals surface area contributed by atoms with Gasteiger partial charge in [0, 0.05) is 18.0 Å². The first-order chi connectivity index (χ1) is 12.5. The van der Waals surface area contributed by atoms with Gasteiger partial charge in [0.1, 0.15) is 11.6 Å². The van der Waals surface area contributed by atoms with Gasteiger partial charge in [-0.3, -0.25) is 0 Å². The molecule has 0 bridgehead atoms. The van der Waals surface area contributed by atoms with Gasteiger partial charge in [-0.15, -0.1) is 0 Å². The highest BCUT2D eigenvalue weighted by molar-refractivity contribution is 6.91. The van der Waals surface area contributed by atoms with Crippen LogP contribution in [0.15, 0.2) is 66.9 Å². The van der Waals surface area contributed by atoms with E-state index < -0.39 is 0 Å². The predicted octanol–water partition coefficient (Wildman–Crippen LogP) is 3.96. The summed E-state index contributed by atoms with van der Waals surface area (Å²) >= 11 is 0. The Morgan fingerprint density at radius 2 is 1.69 bits per heavy atom. The first kappa shape index (κ1) is 16.6. The summed E-state index contributed by atoms with van der Waals surface area (Å²) in [5, 5.41) is 0. The quantitative estimate of drug-likeness (QED) is 0.656. The molecule has 0 fully saturated rings. The molecule has 2 nitrogen and oxygen atoms in total. The first-order valence-electron chi connectivity index (χ1n) is 8.80. The lowest BCUT2D eigenvalue weighted by atomic mass is 9.38. The lowest BCUT2D eigenvalue weighted by molar-refractivity contribution is 0.626. The number of aryl methyl sites for hydroxylation is 3. The van der Waals surface area contributed by atoms with Crippen molar-refractivity contribution in [3.8, 4) is 0 Å². The minimum atomic E-state index is -0.284. The third-order valence-electron chi connectivity index (χ3n) is 4.96. The highest BCUT2D eigenvalue weighted by atomic mass is 19.1. The van der Waals surface area contributed by atoms with Crippen molar-refractivity contribution in [1.29, 1.82) is 0 Å². The maximum absolute atomic E-state index is 13.7. The number of rotatable bonds is 2. The van der Waals surface area contributed by atoms with Crippen molar-refractivity contribution in [3.05, 3.63) is 89.4 Å². The van der Waals surface area contributed by atoms with E-state index in [1.807, 2.05) is 17.2 Å². The van der Waals surface area contributed by atoms with Crippen LogP contribution in [0.2, 0.25) is 0 Å². The van der Waals surface area contributed by atoms with Gasteiger partial charge in [0.05, 0.1) is 0 Å². The molecule has 3 aromatic rings. The summed E-state index contributed by atoms with van der Waals surface area (Å²) in [6.07, 6.45) is 3.51. The van der Waals surface area contributed by atoms with E-state index in [-0.39, 0.29) is 12.5 Å². The largest absolute Gasteiger partial charge is 0.303 e. The average molecular weight is 342 g/mol. The molecule has 0 amide bonds. The van der Waals surface area contributed by atoms with Gasteiger partial charge >= 0.3 is 0 Å². The van der Waals surface area contributed by atoms with Crippen LogP contribution < -0.4 is 15.8 Å². The number of fused-ring (bicyclic) bond motifs is 1. The molecule has 0 N–H and O–H groups in total. The van der Waals surface area contributed by atoms with Gasteiger partial charge in [0.15, 0.2) is 0 Å². The van der Waals surface area contributed by atoms with Crippen LogP contribution >= 0.6 is 0 Å². The SMILES string of the molecule is Cc1cc(C)c(B2C=CN(c3cc(F)ccn3)c3ccccc32)c(C)c1. The molecule has 2 heterocycles. The van der Waals surface area contributed by atoms with Gasteiger partial charge in [-0.25, -0.2) is 9.37 Å². The highest BCUT2D eigenvalue weighted by Gasteiger charge is 2.28. The minimum absolute atomic E-state index is 0.177. The number of benzene rings is 2. The van der Waals surface area contributed by atoms with E-state index in [0.29, 0.717) is 5.82 Å². The number of pyridine rings is 1. The van der Waals surface area contributed by atoms with Crippen molar-refractivity contribution in [2.75, 3.05) is 4.90 Å². The summed E-state index contributed by atoms with van der Waals surface area (Å²) in [4.78, 5) is 6.29. The number of halogens is 1. The molecule has 26 heavy (non-hydrogen) atoms. The number of para-hydroxylation sites is 1. The Morgan fingerprint density at radius 1 is 0.962 bits per heavy atom. The van der Waals surface area contributed by atoms with Gasteiger partial charge in [0.2, 0.25) is 6.71 Å². The molecule has 0 saturated carbocycles. The second kappa shape index (κ2) is 6.45. The Morgan fingerprint density at radius 3 is 2.42 bits per heavy atom. The van der Waals surface area contributed by atoms with Crippen LogP contribution in [-0.4, -0.2) is 11.7 Å². The van der Waals surface area contributed by atoms with E-state index in [1.165, 1.54) is 45.9 Å². The molecular formula is C22H20BFN2. The molecule has 1 aliphatic rings. The van der Waals surface area contributed by atoms with Gasteiger partial charge in [-0.2, -0.15) is 0 Å². The zero-order chi connectivity index (χ0) is 18.3. The van der Waals surface area contributed by atoms with E-state index in [2.05, 4.69) is 62.1 Å². The van der Waals surface area contributed by atoms with E-state index >= 15 is 0 Å². The van der Waals surface area contributed by atoms with Crippen LogP contribution in [0.1, 0.15) is 16.7 Å². The number of anilines is 2. The Balaban J connectivity index is 1.86. The third-order valence-corrected chi connectivity index (χ3v) is 4.96. The zero-order valence-electron chi connectivity index (χ0n) is 15.2. The number of nitrogens with zero attached hydrogens (tertiary/aromatic N) is 2. The summed E-state index contributed by atoms with van der Waals surface area (Å²) in [6.45, 7) is 6.65. The maximum Gasteiger partial charge on any atom is 0.238 e. The van der Waals surface area contributed by atoms with Crippen LogP contribution in [-0.2, 0) is 0 Å². The molecule has 0 saturated heterocycles. The Labute approximate surface area is 154 Å². The number of hydrogen-bond acceptors (Lipinski definition) is 2. The van der Waals surface area contributed by atoms with Gasteiger partial charge in [-0.05, 0) is 44.6 Å². The monoisotopic (exact) mass is 342 g/mol. The molecule has 1 aliphatic heterocycles. The average Bonchev–Trinajstić information content (AvgIpc) is 2.61. The lowest BCUT2D eigenvalue weighted by Gasteiger charge is -2.30. The molecule has 4 rings (SSSR count). The van der Waals surface area contributed by atoms with Crippen molar-refractivity contribution >= 4 is 29.1 Å². The second-order valence-electron chi connectivity index (χ2n) is 6.89. The van der Waals surface area contributed by atoms with Crippen LogP contribution in [0, 0.1) is 26.6 Å². The predicted molar refractivity (Wildman–Crippen MR) is 108 cm³/mol. The van der Waals surface area contributed by atoms with E-state index in [0.717, 1.165) is 5.69 Å². The molecule has 0 spiro atoms. The number of aromatic nitrogens is 1. The van der Waals surface area contributed by atoms with Gasteiger partial charge in [-0.1, -0.05) is 58.5 Å². The smallest absolute Gasteiger partial charge is 0.238 e. The summed E-state index contributed by atoms with van der Waals surface area (Å²) in [6, 6.07) is 15.6. The van der Waals surface area contributed by atoms with Crippen LogP contribution in [0.5, 0.6) is 0 Å². The highest BCUT2D eigenvalue weighted by Crippen LogP contribution is 2.26. The maximum atomic E-state index is 13.7. The molecule has 1 aromatic heterocycles. The van der Waals surface area contributed by atoms with Gasteiger partial charge in [0.25, 0.3) is 0 Å². The second-order valence-corrected chi connectivity index (χ2v) is 6.89. The van der Waals surface area contributed by atoms with Crippen molar-refractivity contribution < 1.29 is 4.39 Å². The molecule has 2 aromatic carbocycles. The van der Waals surface area contributed by atoms with E-state index in [4.69, 9.17) is 0 Å². The fourth-order valence-corrected chi connectivity index (χ4v) is 3.98.